The van der Waals surface area contributed by atoms with Crippen LogP contribution in [-0.4, -0.2) is 25.1 Å². The summed E-state index contributed by atoms with van der Waals surface area (Å²) in [6, 6.07) is 0.571. The Hall–Kier alpha value is -0.410. The van der Waals surface area contributed by atoms with Gasteiger partial charge < -0.3 is 10.1 Å². The summed E-state index contributed by atoms with van der Waals surface area (Å²) in [6.07, 6.45) is 6.60. The van der Waals surface area contributed by atoms with E-state index < -0.39 is 0 Å². The molecule has 7 atom stereocenters. The molecule has 3 saturated carbocycles. The van der Waals surface area contributed by atoms with E-state index >= 15 is 0 Å². The fourth-order valence-electron chi connectivity index (χ4n) is 4.95. The van der Waals surface area contributed by atoms with E-state index in [2.05, 4.69) is 19.2 Å². The first-order valence-electron chi connectivity index (χ1n) is 7.99. The molecule has 108 valence electrons. The van der Waals surface area contributed by atoms with Crippen molar-refractivity contribution in [3.05, 3.63) is 0 Å². The average Bonchev–Trinajstić information content (AvgIpc) is 2.44. The average molecular weight is 264 g/mol. The highest BCUT2D eigenvalue weighted by atomic mass is 16.5. The second kappa shape index (κ2) is 5.17. The molecule has 0 aliphatic heterocycles. The molecular weight excluding hydrogens is 236 g/mol. The second-order valence-electron chi connectivity index (χ2n) is 7.02. The minimum atomic E-state index is 0.144. The molecule has 0 spiro atoms. The summed E-state index contributed by atoms with van der Waals surface area (Å²) in [5.41, 5.74) is 1.11. The highest BCUT2D eigenvalue weighted by Crippen LogP contribution is 2.56. The molecule has 3 rings (SSSR count). The molecule has 2 N–H and O–H groups in total. The number of methoxy groups -OCH3 is 1. The van der Waals surface area contributed by atoms with E-state index in [1.165, 1.54) is 32.1 Å². The van der Waals surface area contributed by atoms with Gasteiger partial charge in [0.25, 0.3) is 0 Å². The molecule has 3 heteroatoms. The summed E-state index contributed by atoms with van der Waals surface area (Å²) in [7, 11) is 1.77. The van der Waals surface area contributed by atoms with Crippen molar-refractivity contribution in [3.63, 3.8) is 0 Å². The van der Waals surface area contributed by atoms with Crippen LogP contribution in [0.2, 0.25) is 0 Å². The Morgan fingerprint density at radius 2 is 1.95 bits per heavy atom. The van der Waals surface area contributed by atoms with Gasteiger partial charge in [0.1, 0.15) is 6.23 Å². The van der Waals surface area contributed by atoms with E-state index in [1.807, 2.05) is 0 Å². The second-order valence-corrected chi connectivity index (χ2v) is 7.02. The summed E-state index contributed by atoms with van der Waals surface area (Å²) >= 11 is 0. The van der Waals surface area contributed by atoms with Crippen LogP contribution in [0.3, 0.4) is 0 Å². The Bertz CT molecular complexity index is 357. The Morgan fingerprint density at radius 1 is 1.21 bits per heavy atom. The quantitative estimate of drug-likeness (QED) is 0.770. The van der Waals surface area contributed by atoms with Gasteiger partial charge in [-0.05, 0) is 62.7 Å². The summed E-state index contributed by atoms with van der Waals surface area (Å²) in [5.74, 6) is 3.58. The molecule has 0 aromatic carbocycles. The number of rotatable bonds is 3. The fraction of sp³-hybridized carbons (Fsp3) is 0.938. The molecule has 0 aromatic rings. The first-order valence-corrected chi connectivity index (χ1v) is 7.99. The smallest absolute Gasteiger partial charge is 0.105 e. The van der Waals surface area contributed by atoms with Crippen LogP contribution < -0.4 is 5.32 Å². The van der Waals surface area contributed by atoms with E-state index in [9.17, 15) is 0 Å². The normalized spacial score (nSPS) is 47.0. The van der Waals surface area contributed by atoms with E-state index in [4.69, 9.17) is 10.1 Å². The molecule has 7 unspecified atom stereocenters. The Kier molecular flexibility index (Phi) is 3.69. The number of hydrogen-bond donors (Lipinski definition) is 2. The SMILES string of the molecule is COC(C)NC1CCC2C3CCC3C(=N)C2C(C)C1. The molecular formula is C16H28N2O. The Labute approximate surface area is 117 Å². The summed E-state index contributed by atoms with van der Waals surface area (Å²) in [5, 5.41) is 12.1. The maximum Gasteiger partial charge on any atom is 0.105 e. The maximum absolute atomic E-state index is 8.49. The van der Waals surface area contributed by atoms with Crippen LogP contribution in [-0.2, 0) is 4.74 Å². The van der Waals surface area contributed by atoms with Gasteiger partial charge in [-0.1, -0.05) is 6.92 Å². The van der Waals surface area contributed by atoms with Gasteiger partial charge in [0.05, 0.1) is 0 Å². The first-order chi connectivity index (χ1) is 9.11. The molecule has 0 radical (unpaired) electrons. The molecule has 19 heavy (non-hydrogen) atoms. The monoisotopic (exact) mass is 264 g/mol. The van der Waals surface area contributed by atoms with E-state index in [-0.39, 0.29) is 6.23 Å². The molecule has 3 fully saturated rings. The summed E-state index contributed by atoms with van der Waals surface area (Å²) in [4.78, 5) is 0. The van der Waals surface area contributed by atoms with Crippen molar-refractivity contribution in [1.82, 2.24) is 5.32 Å². The summed E-state index contributed by atoms with van der Waals surface area (Å²) in [6.45, 7) is 4.45. The molecule has 3 aliphatic carbocycles. The predicted molar refractivity (Wildman–Crippen MR) is 77.3 cm³/mol. The number of ether oxygens (including phenoxy) is 1. The van der Waals surface area contributed by atoms with Crippen molar-refractivity contribution >= 4 is 5.71 Å². The topological polar surface area (TPSA) is 45.1 Å². The third-order valence-electron chi connectivity index (χ3n) is 6.04. The van der Waals surface area contributed by atoms with Gasteiger partial charge in [-0.2, -0.15) is 0 Å². The van der Waals surface area contributed by atoms with E-state index in [0.29, 0.717) is 23.8 Å². The predicted octanol–water partition coefficient (Wildman–Crippen LogP) is 3.05. The number of hydrogen-bond acceptors (Lipinski definition) is 3. The van der Waals surface area contributed by atoms with Gasteiger partial charge in [-0.25, -0.2) is 0 Å². The van der Waals surface area contributed by atoms with Crippen molar-refractivity contribution in [3.8, 4) is 0 Å². The van der Waals surface area contributed by atoms with Crippen LogP contribution in [0, 0.1) is 35.0 Å². The molecule has 0 aromatic heterocycles. The van der Waals surface area contributed by atoms with Gasteiger partial charge in [-0.15, -0.1) is 0 Å². The van der Waals surface area contributed by atoms with Gasteiger partial charge in [0.15, 0.2) is 0 Å². The molecule has 0 amide bonds. The van der Waals surface area contributed by atoms with Gasteiger partial charge in [0, 0.05) is 24.8 Å². The van der Waals surface area contributed by atoms with Crippen molar-refractivity contribution in [2.45, 2.75) is 58.2 Å². The minimum Gasteiger partial charge on any atom is -0.367 e. The summed E-state index contributed by atoms with van der Waals surface area (Å²) < 4.78 is 5.34. The number of fused-ring (bicyclic) bond motifs is 3. The lowest BCUT2D eigenvalue weighted by Gasteiger charge is -2.34. The Balaban J connectivity index is 1.69. The highest BCUT2D eigenvalue weighted by Gasteiger charge is 2.53. The van der Waals surface area contributed by atoms with Crippen molar-refractivity contribution in [1.29, 1.82) is 5.41 Å². The highest BCUT2D eigenvalue weighted by molar-refractivity contribution is 5.90. The van der Waals surface area contributed by atoms with Gasteiger partial charge in [-0.3, -0.25) is 5.32 Å². The Morgan fingerprint density at radius 3 is 2.58 bits per heavy atom. The molecule has 0 bridgehead atoms. The number of nitrogens with one attached hydrogen (secondary N) is 2. The lowest BCUT2D eigenvalue weighted by Crippen LogP contribution is -2.38. The third-order valence-corrected chi connectivity index (χ3v) is 6.04. The molecule has 3 nitrogen and oxygen atoms in total. The van der Waals surface area contributed by atoms with E-state index in [1.54, 1.807) is 7.11 Å². The largest absolute Gasteiger partial charge is 0.367 e. The van der Waals surface area contributed by atoms with Crippen molar-refractivity contribution in [2.24, 2.45) is 29.6 Å². The standard InChI is InChI=1S/C16H28N2O/c1-9-8-11(18-10(2)19-3)4-5-13-12-6-7-14(12)16(17)15(9)13/h9-15,17-18H,4-8H2,1-3H3. The lowest BCUT2D eigenvalue weighted by atomic mass is 9.71. The zero-order valence-electron chi connectivity index (χ0n) is 12.5. The van der Waals surface area contributed by atoms with Crippen LogP contribution in [0.4, 0.5) is 0 Å². The van der Waals surface area contributed by atoms with Crippen LogP contribution in [0.5, 0.6) is 0 Å². The minimum absolute atomic E-state index is 0.144. The van der Waals surface area contributed by atoms with Gasteiger partial charge >= 0.3 is 0 Å². The first kappa shape index (κ1) is 13.6. The molecule has 0 saturated heterocycles. The van der Waals surface area contributed by atoms with E-state index in [0.717, 1.165) is 17.5 Å². The maximum atomic E-state index is 8.49. The fourth-order valence-corrected chi connectivity index (χ4v) is 4.95. The van der Waals surface area contributed by atoms with Crippen LogP contribution >= 0.6 is 0 Å². The third kappa shape index (κ3) is 2.25. The van der Waals surface area contributed by atoms with Crippen molar-refractivity contribution < 1.29 is 4.74 Å². The zero-order valence-corrected chi connectivity index (χ0v) is 12.5. The van der Waals surface area contributed by atoms with Crippen LogP contribution in [0.1, 0.15) is 46.0 Å². The zero-order chi connectivity index (χ0) is 13.6. The van der Waals surface area contributed by atoms with Crippen LogP contribution in [0.25, 0.3) is 0 Å². The molecule has 3 aliphatic rings. The van der Waals surface area contributed by atoms with Gasteiger partial charge in [0.2, 0.25) is 0 Å². The molecule has 0 heterocycles. The lowest BCUT2D eigenvalue weighted by molar-refractivity contribution is 0.0740. The van der Waals surface area contributed by atoms with Crippen molar-refractivity contribution in [2.75, 3.05) is 7.11 Å². The van der Waals surface area contributed by atoms with Crippen LogP contribution in [0.15, 0.2) is 0 Å².